The molecule has 0 bridgehead atoms. The molecule has 0 fully saturated rings. The molecule has 0 aliphatic rings. The largest absolute Gasteiger partial charge is 0.383 e. The number of aromatic nitrogens is 1. The molecule has 0 saturated carbocycles. The van der Waals surface area contributed by atoms with Crippen molar-refractivity contribution in [3.63, 3.8) is 0 Å². The van der Waals surface area contributed by atoms with Crippen LogP contribution in [-0.2, 0) is 6.42 Å². The summed E-state index contributed by atoms with van der Waals surface area (Å²) in [5, 5.41) is 4.23. The number of halogens is 1. The lowest BCUT2D eigenvalue weighted by atomic mass is 9.96. The molecule has 0 aromatic carbocycles. The summed E-state index contributed by atoms with van der Waals surface area (Å²) >= 11 is 5.94. The normalized spacial score (nSPS) is 12.9. The van der Waals surface area contributed by atoms with Crippen molar-refractivity contribution in [2.45, 2.75) is 46.1 Å². The molecular weight excluding hydrogens is 246 g/mol. The molecule has 1 heterocycles. The maximum atomic E-state index is 5.94. The van der Waals surface area contributed by atoms with E-state index < -0.39 is 0 Å². The zero-order valence-electron chi connectivity index (χ0n) is 11.5. The lowest BCUT2D eigenvalue weighted by Crippen LogP contribution is -2.34. The van der Waals surface area contributed by atoms with Crippen LogP contribution in [0.25, 0.3) is 0 Å². The van der Waals surface area contributed by atoms with Gasteiger partial charge in [-0.05, 0) is 43.4 Å². The van der Waals surface area contributed by atoms with Gasteiger partial charge in [0.2, 0.25) is 0 Å². The van der Waals surface area contributed by atoms with Crippen LogP contribution in [0.5, 0.6) is 0 Å². The van der Waals surface area contributed by atoms with Crippen LogP contribution in [0.4, 0.5) is 5.82 Å². The van der Waals surface area contributed by atoms with Crippen LogP contribution in [0, 0.1) is 5.92 Å². The Morgan fingerprint density at radius 3 is 2.78 bits per heavy atom. The van der Waals surface area contributed by atoms with Crippen molar-refractivity contribution in [1.29, 1.82) is 0 Å². The average molecular weight is 270 g/mol. The van der Waals surface area contributed by atoms with Gasteiger partial charge < -0.3 is 11.1 Å². The maximum Gasteiger partial charge on any atom is 0.126 e. The fourth-order valence-electron chi connectivity index (χ4n) is 2.00. The number of nitrogens with two attached hydrogens (primary N) is 1. The molecular formula is C14H24ClN3. The van der Waals surface area contributed by atoms with Gasteiger partial charge in [-0.3, -0.25) is 0 Å². The van der Waals surface area contributed by atoms with Crippen molar-refractivity contribution in [3.8, 4) is 0 Å². The van der Waals surface area contributed by atoms with Crippen molar-refractivity contribution in [2.75, 3.05) is 12.3 Å². The smallest absolute Gasteiger partial charge is 0.126 e. The zero-order valence-corrected chi connectivity index (χ0v) is 12.3. The third-order valence-corrected chi connectivity index (χ3v) is 3.36. The number of anilines is 1. The minimum Gasteiger partial charge on any atom is -0.383 e. The summed E-state index contributed by atoms with van der Waals surface area (Å²) < 4.78 is 0. The Morgan fingerprint density at radius 2 is 2.17 bits per heavy atom. The van der Waals surface area contributed by atoms with Crippen molar-refractivity contribution < 1.29 is 0 Å². The SMILES string of the molecule is CCCNC(CCc1cc(Cl)cnc1N)C(C)C. The predicted octanol–water partition coefficient (Wildman–Crippen LogP) is 3.27. The number of rotatable bonds is 7. The number of pyridine rings is 1. The molecule has 0 saturated heterocycles. The van der Waals surface area contributed by atoms with Crippen LogP contribution < -0.4 is 11.1 Å². The number of nitrogens with one attached hydrogen (secondary N) is 1. The molecule has 0 aliphatic heterocycles. The van der Waals surface area contributed by atoms with E-state index in [-0.39, 0.29) is 0 Å². The average Bonchev–Trinajstić information content (AvgIpc) is 2.33. The van der Waals surface area contributed by atoms with E-state index >= 15 is 0 Å². The van der Waals surface area contributed by atoms with E-state index in [1.54, 1.807) is 6.20 Å². The highest BCUT2D eigenvalue weighted by atomic mass is 35.5. The van der Waals surface area contributed by atoms with Crippen LogP contribution in [0.15, 0.2) is 12.3 Å². The van der Waals surface area contributed by atoms with Gasteiger partial charge in [-0.1, -0.05) is 32.4 Å². The number of hydrogen-bond acceptors (Lipinski definition) is 3. The summed E-state index contributed by atoms with van der Waals surface area (Å²) in [6.07, 6.45) is 4.72. The molecule has 1 atom stereocenters. The topological polar surface area (TPSA) is 50.9 Å². The van der Waals surface area contributed by atoms with E-state index in [1.165, 1.54) is 0 Å². The minimum absolute atomic E-state index is 0.517. The highest BCUT2D eigenvalue weighted by Crippen LogP contribution is 2.18. The van der Waals surface area contributed by atoms with Crippen molar-refractivity contribution in [1.82, 2.24) is 10.3 Å². The molecule has 0 radical (unpaired) electrons. The Morgan fingerprint density at radius 1 is 1.44 bits per heavy atom. The van der Waals surface area contributed by atoms with Crippen LogP contribution >= 0.6 is 11.6 Å². The maximum absolute atomic E-state index is 5.94. The van der Waals surface area contributed by atoms with E-state index in [1.807, 2.05) is 6.07 Å². The zero-order chi connectivity index (χ0) is 13.5. The first kappa shape index (κ1) is 15.3. The van der Waals surface area contributed by atoms with Crippen LogP contribution in [0.2, 0.25) is 5.02 Å². The van der Waals surface area contributed by atoms with Gasteiger partial charge in [0.25, 0.3) is 0 Å². The van der Waals surface area contributed by atoms with E-state index in [4.69, 9.17) is 17.3 Å². The van der Waals surface area contributed by atoms with Gasteiger partial charge >= 0.3 is 0 Å². The molecule has 0 spiro atoms. The Balaban J connectivity index is 2.58. The second-order valence-electron chi connectivity index (χ2n) is 5.04. The summed E-state index contributed by atoms with van der Waals surface area (Å²) in [5.74, 6) is 1.21. The molecule has 0 aliphatic carbocycles. The predicted molar refractivity (Wildman–Crippen MR) is 78.9 cm³/mol. The monoisotopic (exact) mass is 269 g/mol. The number of nitrogens with zero attached hydrogens (tertiary/aromatic N) is 1. The van der Waals surface area contributed by atoms with Crippen LogP contribution in [-0.4, -0.2) is 17.6 Å². The molecule has 102 valence electrons. The highest BCUT2D eigenvalue weighted by molar-refractivity contribution is 6.30. The van der Waals surface area contributed by atoms with Gasteiger partial charge in [-0.2, -0.15) is 0 Å². The lowest BCUT2D eigenvalue weighted by Gasteiger charge is -2.22. The third-order valence-electron chi connectivity index (χ3n) is 3.15. The molecule has 18 heavy (non-hydrogen) atoms. The second-order valence-corrected chi connectivity index (χ2v) is 5.48. The standard InChI is InChI=1S/C14H24ClN3/c1-4-7-17-13(10(2)3)6-5-11-8-12(15)9-18-14(11)16/h8-10,13,17H,4-7H2,1-3H3,(H2,16,18). The summed E-state index contributed by atoms with van der Waals surface area (Å²) in [5.41, 5.74) is 6.91. The van der Waals surface area contributed by atoms with Crippen molar-refractivity contribution in [3.05, 3.63) is 22.8 Å². The summed E-state index contributed by atoms with van der Waals surface area (Å²) in [6.45, 7) is 7.73. The lowest BCUT2D eigenvalue weighted by molar-refractivity contribution is 0.378. The van der Waals surface area contributed by atoms with Gasteiger partial charge in [0.1, 0.15) is 5.82 Å². The molecule has 1 unspecified atom stereocenters. The van der Waals surface area contributed by atoms with Crippen molar-refractivity contribution in [2.24, 2.45) is 5.92 Å². The molecule has 0 amide bonds. The first-order chi connectivity index (χ1) is 8.54. The number of nitrogen functional groups attached to an aromatic ring is 1. The van der Waals surface area contributed by atoms with Crippen LogP contribution in [0.1, 0.15) is 39.2 Å². The van der Waals surface area contributed by atoms with E-state index in [0.717, 1.165) is 31.4 Å². The molecule has 4 heteroatoms. The van der Waals surface area contributed by atoms with E-state index in [9.17, 15) is 0 Å². The molecule has 1 aromatic rings. The number of hydrogen-bond donors (Lipinski definition) is 2. The fourth-order valence-corrected chi connectivity index (χ4v) is 2.18. The molecule has 1 aromatic heterocycles. The van der Waals surface area contributed by atoms with Gasteiger partial charge in [0, 0.05) is 12.2 Å². The second kappa shape index (κ2) is 7.59. The Labute approximate surface area is 115 Å². The van der Waals surface area contributed by atoms with Gasteiger partial charge in [-0.25, -0.2) is 4.98 Å². The highest BCUT2D eigenvalue weighted by Gasteiger charge is 2.13. The van der Waals surface area contributed by atoms with Gasteiger partial charge in [-0.15, -0.1) is 0 Å². The van der Waals surface area contributed by atoms with E-state index in [2.05, 4.69) is 31.1 Å². The summed E-state index contributed by atoms with van der Waals surface area (Å²) in [6, 6.07) is 2.43. The molecule has 3 N–H and O–H groups in total. The minimum atomic E-state index is 0.517. The quantitative estimate of drug-likeness (QED) is 0.799. The summed E-state index contributed by atoms with van der Waals surface area (Å²) in [4.78, 5) is 4.09. The van der Waals surface area contributed by atoms with Gasteiger partial charge in [0.15, 0.2) is 0 Å². The Bertz CT molecular complexity index is 366. The summed E-state index contributed by atoms with van der Waals surface area (Å²) in [7, 11) is 0. The first-order valence-electron chi connectivity index (χ1n) is 6.67. The number of aryl methyl sites for hydroxylation is 1. The molecule has 1 rings (SSSR count). The van der Waals surface area contributed by atoms with Crippen molar-refractivity contribution >= 4 is 17.4 Å². The fraction of sp³-hybridized carbons (Fsp3) is 0.643. The van der Waals surface area contributed by atoms with Gasteiger partial charge in [0.05, 0.1) is 5.02 Å². The third kappa shape index (κ3) is 4.83. The Hall–Kier alpha value is -0.800. The first-order valence-corrected chi connectivity index (χ1v) is 7.05. The van der Waals surface area contributed by atoms with E-state index in [0.29, 0.717) is 22.8 Å². The van der Waals surface area contributed by atoms with Crippen LogP contribution in [0.3, 0.4) is 0 Å². The molecule has 3 nitrogen and oxygen atoms in total. The Kier molecular flexibility index (Phi) is 6.44.